The summed E-state index contributed by atoms with van der Waals surface area (Å²) < 4.78 is -2.70. The van der Waals surface area contributed by atoms with Crippen LogP contribution in [-0.4, -0.2) is 7.59 Å². The maximum Gasteiger partial charge on any atom is 0.194 e. The fourth-order valence-electron chi connectivity index (χ4n) is 3.78. The molecule has 6 heteroatoms. The van der Waals surface area contributed by atoms with Crippen LogP contribution in [0, 0.1) is 23.7 Å². The Morgan fingerprint density at radius 2 is 1.28 bits per heavy atom. The molecule has 0 spiro atoms. The van der Waals surface area contributed by atoms with Crippen LogP contribution in [0.25, 0.3) is 0 Å². The van der Waals surface area contributed by atoms with Crippen molar-refractivity contribution in [1.29, 1.82) is 0 Å². The molecule has 2 aliphatic carbocycles. The van der Waals surface area contributed by atoms with E-state index in [1.165, 1.54) is 19.3 Å². The lowest BCUT2D eigenvalue weighted by molar-refractivity contribution is 0.0580. The van der Waals surface area contributed by atoms with Gasteiger partial charge >= 0.3 is 0 Å². The SMILES string of the molecule is ClC(Cl)(Cl)C1CCC2CCCCC2C1C(Cl)(Cl)Cl. The van der Waals surface area contributed by atoms with Gasteiger partial charge in [0.15, 0.2) is 7.59 Å². The summed E-state index contributed by atoms with van der Waals surface area (Å²) in [6.45, 7) is 0. The number of alkyl halides is 6. The van der Waals surface area contributed by atoms with Gasteiger partial charge < -0.3 is 0 Å². The van der Waals surface area contributed by atoms with Crippen molar-refractivity contribution in [3.05, 3.63) is 0 Å². The first-order valence-electron chi connectivity index (χ1n) is 6.34. The summed E-state index contributed by atoms with van der Waals surface area (Å²) >= 11 is 36.9. The normalized spacial score (nSPS) is 38.3. The lowest BCUT2D eigenvalue weighted by Crippen LogP contribution is -2.47. The van der Waals surface area contributed by atoms with Gasteiger partial charge in [-0.25, -0.2) is 0 Å². The van der Waals surface area contributed by atoms with Crippen LogP contribution in [0.4, 0.5) is 0 Å². The molecular weight excluding hydrogens is 357 g/mol. The van der Waals surface area contributed by atoms with E-state index in [9.17, 15) is 0 Å². The monoisotopic (exact) mass is 370 g/mol. The number of fused-ring (bicyclic) bond motifs is 1. The van der Waals surface area contributed by atoms with Gasteiger partial charge in [-0.1, -0.05) is 88.9 Å². The molecular formula is C12H16Cl6. The summed E-state index contributed by atoms with van der Waals surface area (Å²) in [5.41, 5.74) is 0. The Balaban J connectivity index is 2.28. The van der Waals surface area contributed by atoms with Crippen molar-refractivity contribution >= 4 is 69.6 Å². The fourth-order valence-corrected chi connectivity index (χ4v) is 5.45. The molecule has 0 heterocycles. The van der Waals surface area contributed by atoms with Crippen molar-refractivity contribution in [1.82, 2.24) is 0 Å². The highest BCUT2D eigenvalue weighted by Gasteiger charge is 2.54. The minimum atomic E-state index is -1.35. The Kier molecular flexibility index (Phi) is 5.24. The molecule has 0 aromatic carbocycles. The molecule has 0 aromatic heterocycles. The molecule has 0 radical (unpaired) electrons. The van der Waals surface area contributed by atoms with Gasteiger partial charge in [0.2, 0.25) is 0 Å². The number of hydrogen-bond donors (Lipinski definition) is 0. The van der Waals surface area contributed by atoms with E-state index < -0.39 is 7.59 Å². The van der Waals surface area contributed by atoms with Crippen molar-refractivity contribution in [3.8, 4) is 0 Å². The van der Waals surface area contributed by atoms with Gasteiger partial charge in [0.05, 0.1) is 0 Å². The molecule has 18 heavy (non-hydrogen) atoms. The largest absolute Gasteiger partial charge is 0.194 e. The van der Waals surface area contributed by atoms with Crippen LogP contribution in [0.1, 0.15) is 38.5 Å². The van der Waals surface area contributed by atoms with Crippen LogP contribution in [0.2, 0.25) is 0 Å². The third kappa shape index (κ3) is 3.49. The highest BCUT2D eigenvalue weighted by atomic mass is 35.6. The minimum absolute atomic E-state index is 0.158. The van der Waals surface area contributed by atoms with Crippen molar-refractivity contribution in [2.75, 3.05) is 0 Å². The van der Waals surface area contributed by atoms with Crippen molar-refractivity contribution in [3.63, 3.8) is 0 Å². The second-order valence-corrected chi connectivity index (χ2v) is 10.2. The summed E-state index contributed by atoms with van der Waals surface area (Å²) in [7, 11) is 0. The smallest absolute Gasteiger partial charge is 0.0834 e. The van der Waals surface area contributed by atoms with E-state index in [0.717, 1.165) is 19.3 Å². The van der Waals surface area contributed by atoms with Gasteiger partial charge in [0.25, 0.3) is 0 Å². The molecule has 4 unspecified atom stereocenters. The van der Waals surface area contributed by atoms with Crippen LogP contribution < -0.4 is 0 Å². The van der Waals surface area contributed by atoms with Crippen LogP contribution >= 0.6 is 69.6 Å². The van der Waals surface area contributed by atoms with E-state index >= 15 is 0 Å². The molecule has 2 aliphatic rings. The summed E-state index contributed by atoms with van der Waals surface area (Å²) in [5, 5.41) is 0. The fraction of sp³-hybridized carbons (Fsp3) is 1.00. The lowest BCUT2D eigenvalue weighted by atomic mass is 9.62. The molecule has 0 N–H and O–H groups in total. The first-order valence-corrected chi connectivity index (χ1v) is 8.61. The van der Waals surface area contributed by atoms with Crippen molar-refractivity contribution in [2.24, 2.45) is 23.7 Å². The van der Waals surface area contributed by atoms with Gasteiger partial charge in [-0.3, -0.25) is 0 Å². The highest BCUT2D eigenvalue weighted by Crippen LogP contribution is 2.59. The minimum Gasteiger partial charge on any atom is -0.0834 e. The third-order valence-corrected chi connectivity index (χ3v) is 6.11. The first-order chi connectivity index (χ1) is 8.21. The average molecular weight is 373 g/mol. The van der Waals surface area contributed by atoms with Gasteiger partial charge in [0.1, 0.15) is 0 Å². The zero-order chi connectivity index (χ0) is 13.6. The molecule has 0 aliphatic heterocycles. The Labute approximate surface area is 139 Å². The Morgan fingerprint density at radius 1 is 0.667 bits per heavy atom. The van der Waals surface area contributed by atoms with E-state index in [1.54, 1.807) is 0 Å². The molecule has 2 fully saturated rings. The molecule has 0 saturated heterocycles. The number of halogens is 6. The molecule has 4 atom stereocenters. The van der Waals surface area contributed by atoms with E-state index in [0.29, 0.717) is 11.8 Å². The Morgan fingerprint density at radius 3 is 1.83 bits per heavy atom. The van der Waals surface area contributed by atoms with Gasteiger partial charge in [-0.2, -0.15) is 0 Å². The molecule has 0 bridgehead atoms. The predicted molar refractivity (Wildman–Crippen MR) is 82.2 cm³/mol. The standard InChI is InChI=1S/C12H16Cl6/c13-11(14,15)9-6-5-7-3-1-2-4-8(7)10(9)12(16,17)18/h7-10H,1-6H2. The summed E-state index contributed by atoms with van der Waals surface area (Å²) in [4.78, 5) is 0. The van der Waals surface area contributed by atoms with Crippen LogP contribution in [-0.2, 0) is 0 Å². The molecule has 0 amide bonds. The van der Waals surface area contributed by atoms with E-state index in [4.69, 9.17) is 69.6 Å². The zero-order valence-corrected chi connectivity index (χ0v) is 14.4. The predicted octanol–water partition coefficient (Wildman–Crippen LogP) is 6.56. The average Bonchev–Trinajstić information content (AvgIpc) is 2.24. The van der Waals surface area contributed by atoms with Crippen LogP contribution in [0.3, 0.4) is 0 Å². The van der Waals surface area contributed by atoms with Crippen molar-refractivity contribution in [2.45, 2.75) is 46.1 Å². The van der Waals surface area contributed by atoms with Gasteiger partial charge in [-0.05, 0) is 31.1 Å². The molecule has 2 rings (SSSR count). The molecule has 2 saturated carbocycles. The maximum absolute atomic E-state index is 6.19. The lowest BCUT2D eigenvalue weighted by Gasteiger charge is -2.50. The van der Waals surface area contributed by atoms with Gasteiger partial charge in [-0.15, -0.1) is 0 Å². The molecule has 0 aromatic rings. The van der Waals surface area contributed by atoms with Crippen molar-refractivity contribution < 1.29 is 0 Å². The van der Waals surface area contributed by atoms with Crippen LogP contribution in [0.5, 0.6) is 0 Å². The second-order valence-electron chi connectivity index (χ2n) is 5.50. The quantitative estimate of drug-likeness (QED) is 0.422. The van der Waals surface area contributed by atoms with Crippen LogP contribution in [0.15, 0.2) is 0 Å². The summed E-state index contributed by atoms with van der Waals surface area (Å²) in [6.07, 6.45) is 6.67. The second kappa shape index (κ2) is 5.85. The third-order valence-electron chi connectivity index (χ3n) is 4.51. The van der Waals surface area contributed by atoms with Gasteiger partial charge in [0, 0.05) is 11.8 Å². The van der Waals surface area contributed by atoms with E-state index in [-0.39, 0.29) is 11.8 Å². The Bertz CT molecular complexity index is 292. The van der Waals surface area contributed by atoms with E-state index in [1.807, 2.05) is 0 Å². The number of rotatable bonds is 0. The molecule has 0 nitrogen and oxygen atoms in total. The summed E-state index contributed by atoms with van der Waals surface area (Å²) in [5.74, 6) is 0.673. The Hall–Kier alpha value is 1.74. The topological polar surface area (TPSA) is 0 Å². The maximum atomic E-state index is 6.19. The first kappa shape index (κ1) is 16.1. The van der Waals surface area contributed by atoms with E-state index in [2.05, 4.69) is 0 Å². The highest BCUT2D eigenvalue weighted by molar-refractivity contribution is 6.69. The zero-order valence-electron chi connectivity index (χ0n) is 9.82. The molecule has 106 valence electrons. The summed E-state index contributed by atoms with van der Waals surface area (Å²) in [6, 6.07) is 0. The number of hydrogen-bond acceptors (Lipinski definition) is 0.